The van der Waals surface area contributed by atoms with Gasteiger partial charge < -0.3 is 5.32 Å². The number of aryl methyl sites for hydroxylation is 1. The normalized spacial score (nSPS) is 10.1. The third-order valence-electron chi connectivity index (χ3n) is 2.85. The van der Waals surface area contributed by atoms with Gasteiger partial charge in [-0.25, -0.2) is 9.97 Å². The van der Waals surface area contributed by atoms with E-state index in [1.807, 2.05) is 44.2 Å². The molecule has 1 amide bonds. The Morgan fingerprint density at radius 1 is 1.17 bits per heavy atom. The lowest BCUT2D eigenvalue weighted by Crippen LogP contribution is -2.25. The fourth-order valence-corrected chi connectivity index (χ4v) is 1.63. The molecule has 0 aliphatic heterocycles. The molecule has 0 unspecified atom stereocenters. The minimum Gasteiger partial charge on any atom is -0.347 e. The molecule has 1 heterocycles. The van der Waals surface area contributed by atoms with Gasteiger partial charge in [0.25, 0.3) is 5.91 Å². The number of benzene rings is 1. The number of hydrogen-bond donors (Lipinski definition) is 1. The third-order valence-corrected chi connectivity index (χ3v) is 2.85. The minimum absolute atomic E-state index is 0.165. The smallest absolute Gasteiger partial charge is 0.270 e. The van der Waals surface area contributed by atoms with E-state index in [1.54, 1.807) is 0 Å². The number of carbonyl (C=O) groups excluding carboxylic acids is 1. The van der Waals surface area contributed by atoms with Crippen LogP contribution in [0.5, 0.6) is 0 Å². The van der Waals surface area contributed by atoms with E-state index in [1.165, 1.54) is 6.33 Å². The quantitative estimate of drug-likeness (QED) is 0.894. The lowest BCUT2D eigenvalue weighted by atomic mass is 10.1. The van der Waals surface area contributed by atoms with Gasteiger partial charge in [0.2, 0.25) is 0 Å². The first kappa shape index (κ1) is 12.2. The molecule has 0 saturated heterocycles. The predicted molar refractivity (Wildman–Crippen MR) is 69.1 cm³/mol. The molecule has 0 atom stereocenters. The average molecular weight is 241 g/mol. The summed E-state index contributed by atoms with van der Waals surface area (Å²) in [6.45, 7) is 4.22. The first-order valence-electron chi connectivity index (χ1n) is 5.79. The highest BCUT2D eigenvalue weighted by molar-refractivity contribution is 5.93. The van der Waals surface area contributed by atoms with Crippen LogP contribution in [0.15, 0.2) is 36.7 Å². The van der Waals surface area contributed by atoms with E-state index in [2.05, 4.69) is 15.3 Å². The van der Waals surface area contributed by atoms with Crippen molar-refractivity contribution in [1.82, 2.24) is 15.3 Å². The number of amides is 1. The fraction of sp³-hybridized carbons (Fsp3) is 0.214. The van der Waals surface area contributed by atoms with Crippen LogP contribution in [0.2, 0.25) is 0 Å². The van der Waals surface area contributed by atoms with Crippen LogP contribution in [-0.4, -0.2) is 15.9 Å². The van der Waals surface area contributed by atoms with Gasteiger partial charge in [0.05, 0.1) is 0 Å². The van der Waals surface area contributed by atoms with E-state index in [0.29, 0.717) is 12.2 Å². The van der Waals surface area contributed by atoms with Gasteiger partial charge in [-0.15, -0.1) is 0 Å². The summed E-state index contributed by atoms with van der Waals surface area (Å²) in [4.78, 5) is 20.1. The number of nitrogens with one attached hydrogen (secondary N) is 1. The van der Waals surface area contributed by atoms with Gasteiger partial charge in [-0.3, -0.25) is 4.79 Å². The van der Waals surface area contributed by atoms with Crippen LogP contribution in [0.1, 0.15) is 27.3 Å². The lowest BCUT2D eigenvalue weighted by molar-refractivity contribution is 0.0945. The van der Waals surface area contributed by atoms with Crippen LogP contribution in [-0.2, 0) is 6.54 Å². The van der Waals surface area contributed by atoms with Gasteiger partial charge in [0, 0.05) is 17.8 Å². The summed E-state index contributed by atoms with van der Waals surface area (Å²) in [5.74, 6) is -0.165. The number of hydrogen-bond acceptors (Lipinski definition) is 3. The molecule has 0 spiro atoms. The highest BCUT2D eigenvalue weighted by Gasteiger charge is 2.11. The molecule has 2 aromatic rings. The molecule has 18 heavy (non-hydrogen) atoms. The SMILES string of the molecule is Cc1ncnc(C(=O)NCc2ccccc2)c1C. The average Bonchev–Trinajstić information content (AvgIpc) is 2.40. The zero-order valence-corrected chi connectivity index (χ0v) is 10.5. The Hall–Kier alpha value is -2.23. The molecule has 2 rings (SSSR count). The molecule has 4 heteroatoms. The molecule has 1 aromatic heterocycles. The molecule has 0 radical (unpaired) electrons. The van der Waals surface area contributed by atoms with Gasteiger partial charge >= 0.3 is 0 Å². The van der Waals surface area contributed by atoms with Crippen LogP contribution in [0, 0.1) is 13.8 Å². The van der Waals surface area contributed by atoms with Crippen molar-refractivity contribution in [1.29, 1.82) is 0 Å². The molecular weight excluding hydrogens is 226 g/mol. The summed E-state index contributed by atoms with van der Waals surface area (Å²) in [6.07, 6.45) is 1.42. The van der Waals surface area contributed by atoms with Gasteiger partial charge in [-0.2, -0.15) is 0 Å². The first-order chi connectivity index (χ1) is 8.68. The Kier molecular flexibility index (Phi) is 3.67. The monoisotopic (exact) mass is 241 g/mol. The van der Waals surface area contributed by atoms with Crippen LogP contribution in [0.3, 0.4) is 0 Å². The predicted octanol–water partition coefficient (Wildman–Crippen LogP) is 2.02. The third kappa shape index (κ3) is 2.71. The molecule has 4 nitrogen and oxygen atoms in total. The van der Waals surface area contributed by atoms with E-state index in [-0.39, 0.29) is 5.91 Å². The fourth-order valence-electron chi connectivity index (χ4n) is 1.63. The van der Waals surface area contributed by atoms with Crippen molar-refractivity contribution in [2.24, 2.45) is 0 Å². The Balaban J connectivity index is 2.07. The van der Waals surface area contributed by atoms with E-state index in [0.717, 1.165) is 16.8 Å². The van der Waals surface area contributed by atoms with Crippen molar-refractivity contribution in [3.63, 3.8) is 0 Å². The van der Waals surface area contributed by atoms with Gasteiger partial charge in [0.15, 0.2) is 0 Å². The molecule has 1 N–H and O–H groups in total. The Labute approximate surface area is 106 Å². The minimum atomic E-state index is -0.165. The summed E-state index contributed by atoms with van der Waals surface area (Å²) in [5, 5.41) is 2.85. The zero-order valence-electron chi connectivity index (χ0n) is 10.5. The van der Waals surface area contributed by atoms with Crippen molar-refractivity contribution in [3.8, 4) is 0 Å². The van der Waals surface area contributed by atoms with Crippen LogP contribution in [0.4, 0.5) is 0 Å². The van der Waals surface area contributed by atoms with E-state index in [4.69, 9.17) is 0 Å². The molecule has 0 saturated carbocycles. The van der Waals surface area contributed by atoms with Crippen LogP contribution < -0.4 is 5.32 Å². The van der Waals surface area contributed by atoms with Crippen molar-refractivity contribution in [2.75, 3.05) is 0 Å². The number of nitrogens with zero attached hydrogens (tertiary/aromatic N) is 2. The molecule has 0 bridgehead atoms. The maximum atomic E-state index is 12.0. The summed E-state index contributed by atoms with van der Waals surface area (Å²) < 4.78 is 0. The highest BCUT2D eigenvalue weighted by atomic mass is 16.1. The van der Waals surface area contributed by atoms with Crippen LogP contribution >= 0.6 is 0 Å². The summed E-state index contributed by atoms with van der Waals surface area (Å²) >= 11 is 0. The summed E-state index contributed by atoms with van der Waals surface area (Å²) in [5.41, 5.74) is 3.16. The maximum Gasteiger partial charge on any atom is 0.270 e. The van der Waals surface area contributed by atoms with E-state index < -0.39 is 0 Å². The molecular formula is C14H15N3O. The lowest BCUT2D eigenvalue weighted by Gasteiger charge is -2.07. The van der Waals surface area contributed by atoms with Gasteiger partial charge in [-0.05, 0) is 19.4 Å². The van der Waals surface area contributed by atoms with Gasteiger partial charge in [-0.1, -0.05) is 30.3 Å². The summed E-state index contributed by atoms with van der Waals surface area (Å²) in [6, 6.07) is 9.78. The second-order valence-corrected chi connectivity index (χ2v) is 4.10. The van der Waals surface area contributed by atoms with Crippen LogP contribution in [0.25, 0.3) is 0 Å². The number of aromatic nitrogens is 2. The number of carbonyl (C=O) groups is 1. The molecule has 0 fully saturated rings. The van der Waals surface area contributed by atoms with Crippen molar-refractivity contribution < 1.29 is 4.79 Å². The first-order valence-corrected chi connectivity index (χ1v) is 5.79. The van der Waals surface area contributed by atoms with E-state index >= 15 is 0 Å². The summed E-state index contributed by atoms with van der Waals surface area (Å²) in [7, 11) is 0. The van der Waals surface area contributed by atoms with Crippen molar-refractivity contribution in [3.05, 3.63) is 59.2 Å². The molecule has 92 valence electrons. The van der Waals surface area contributed by atoms with E-state index in [9.17, 15) is 4.79 Å². The maximum absolute atomic E-state index is 12.0. The largest absolute Gasteiger partial charge is 0.347 e. The Morgan fingerprint density at radius 2 is 1.89 bits per heavy atom. The second kappa shape index (κ2) is 5.40. The molecule has 0 aliphatic carbocycles. The second-order valence-electron chi connectivity index (χ2n) is 4.10. The Bertz CT molecular complexity index is 552. The standard InChI is InChI=1S/C14H15N3O/c1-10-11(2)16-9-17-13(10)14(18)15-8-12-6-4-3-5-7-12/h3-7,9H,8H2,1-2H3,(H,15,18). The zero-order chi connectivity index (χ0) is 13.0. The van der Waals surface area contributed by atoms with Crippen molar-refractivity contribution in [2.45, 2.75) is 20.4 Å². The molecule has 1 aromatic carbocycles. The number of rotatable bonds is 3. The van der Waals surface area contributed by atoms with Crippen molar-refractivity contribution >= 4 is 5.91 Å². The Morgan fingerprint density at radius 3 is 2.61 bits per heavy atom. The van der Waals surface area contributed by atoms with Gasteiger partial charge in [0.1, 0.15) is 12.0 Å². The topological polar surface area (TPSA) is 54.9 Å². The molecule has 0 aliphatic rings. The highest BCUT2D eigenvalue weighted by Crippen LogP contribution is 2.07.